The van der Waals surface area contributed by atoms with Gasteiger partial charge in [-0.05, 0) is 30.4 Å². The Morgan fingerprint density at radius 1 is 1.30 bits per heavy atom. The van der Waals surface area contributed by atoms with Crippen molar-refractivity contribution in [1.82, 2.24) is 14.5 Å². The van der Waals surface area contributed by atoms with E-state index in [1.807, 2.05) is 12.1 Å². The van der Waals surface area contributed by atoms with Crippen LogP contribution in [-0.2, 0) is 17.8 Å². The van der Waals surface area contributed by atoms with E-state index in [9.17, 15) is 14.4 Å². The molecule has 1 aromatic heterocycles. The lowest BCUT2D eigenvalue weighted by Crippen LogP contribution is -2.39. The van der Waals surface area contributed by atoms with Gasteiger partial charge in [-0.25, -0.2) is 4.79 Å². The summed E-state index contributed by atoms with van der Waals surface area (Å²) >= 11 is 0. The average molecular weight is 313 g/mol. The summed E-state index contributed by atoms with van der Waals surface area (Å²) in [6.45, 7) is -0.0786. The minimum absolute atomic E-state index is 0.0333. The summed E-state index contributed by atoms with van der Waals surface area (Å²) in [6, 6.07) is 9.45. The topological polar surface area (TPSA) is 75.2 Å². The Bertz CT molecular complexity index is 837. The van der Waals surface area contributed by atoms with E-state index < -0.39 is 11.2 Å². The molecular weight excluding hydrogens is 294 g/mol. The molecular formula is C17H19N3O3. The van der Waals surface area contributed by atoms with Gasteiger partial charge >= 0.3 is 5.69 Å². The number of aryl methyl sites for hydroxylation is 1. The number of H-pyrrole nitrogens is 1. The number of nitrogens with one attached hydrogen (secondary N) is 1. The number of hydrogen-bond donors (Lipinski definition) is 1. The van der Waals surface area contributed by atoms with Crippen molar-refractivity contribution in [3.8, 4) is 0 Å². The molecule has 0 spiro atoms. The number of aromatic nitrogens is 2. The second-order valence-electron chi connectivity index (χ2n) is 5.85. The van der Waals surface area contributed by atoms with Gasteiger partial charge in [0.25, 0.3) is 5.56 Å². The molecule has 1 aliphatic carbocycles. The molecule has 1 heterocycles. The first kappa shape index (κ1) is 15.3. The van der Waals surface area contributed by atoms with E-state index >= 15 is 0 Å². The highest BCUT2D eigenvalue weighted by atomic mass is 16.2. The van der Waals surface area contributed by atoms with Gasteiger partial charge in [0.1, 0.15) is 6.54 Å². The Hall–Kier alpha value is -2.63. The van der Waals surface area contributed by atoms with Crippen molar-refractivity contribution in [2.24, 2.45) is 0 Å². The number of amides is 1. The van der Waals surface area contributed by atoms with Crippen LogP contribution in [0.15, 0.2) is 46.1 Å². The lowest BCUT2D eigenvalue weighted by molar-refractivity contribution is -0.133. The Morgan fingerprint density at radius 2 is 2.09 bits per heavy atom. The van der Waals surface area contributed by atoms with E-state index in [0.29, 0.717) is 0 Å². The third-order valence-electron chi connectivity index (χ3n) is 4.40. The van der Waals surface area contributed by atoms with Crippen LogP contribution in [0.25, 0.3) is 0 Å². The number of carbonyl (C=O) groups is 1. The molecule has 6 nitrogen and oxygen atoms in total. The van der Waals surface area contributed by atoms with Crippen LogP contribution in [0.1, 0.15) is 30.0 Å². The second kappa shape index (κ2) is 6.24. The van der Waals surface area contributed by atoms with Crippen molar-refractivity contribution in [2.75, 3.05) is 7.05 Å². The standard InChI is InChI=1S/C17H19N3O3/c1-19(14-8-4-6-12-5-2-3-7-13(12)14)16(22)11-20-10-9-15(21)18-17(20)23/h2-3,5,7,9-10,14H,4,6,8,11H2,1H3,(H,18,21,23)/t14-/m1/s1. The zero-order valence-corrected chi connectivity index (χ0v) is 13.0. The van der Waals surface area contributed by atoms with Gasteiger partial charge in [0.2, 0.25) is 5.91 Å². The zero-order chi connectivity index (χ0) is 16.4. The van der Waals surface area contributed by atoms with Gasteiger partial charge in [-0.3, -0.25) is 19.1 Å². The number of benzene rings is 1. The molecule has 1 aromatic carbocycles. The van der Waals surface area contributed by atoms with Gasteiger partial charge in [0.15, 0.2) is 0 Å². The maximum Gasteiger partial charge on any atom is 0.328 e. The maximum absolute atomic E-state index is 12.5. The number of likely N-dealkylation sites (N-methyl/N-ethyl adjacent to an activating group) is 1. The fraction of sp³-hybridized carbons (Fsp3) is 0.353. The molecule has 0 saturated carbocycles. The number of carbonyl (C=O) groups excluding carboxylic acids is 1. The van der Waals surface area contributed by atoms with E-state index in [2.05, 4.69) is 17.1 Å². The first-order valence-corrected chi connectivity index (χ1v) is 7.69. The quantitative estimate of drug-likeness (QED) is 0.921. The lowest BCUT2D eigenvalue weighted by atomic mass is 9.87. The SMILES string of the molecule is CN(C(=O)Cn1ccc(=O)[nH]c1=O)[C@@H]1CCCc2ccccc21. The fourth-order valence-corrected chi connectivity index (χ4v) is 3.13. The molecule has 120 valence electrons. The summed E-state index contributed by atoms with van der Waals surface area (Å²) in [5, 5.41) is 0. The third kappa shape index (κ3) is 3.11. The Labute approximate surface area is 133 Å². The number of nitrogens with zero attached hydrogens (tertiary/aromatic N) is 2. The molecule has 0 radical (unpaired) electrons. The summed E-state index contributed by atoms with van der Waals surface area (Å²) in [4.78, 5) is 39.2. The Balaban J connectivity index is 1.81. The van der Waals surface area contributed by atoms with Gasteiger partial charge in [-0.1, -0.05) is 24.3 Å². The molecule has 6 heteroatoms. The second-order valence-corrected chi connectivity index (χ2v) is 5.85. The molecule has 1 amide bonds. The van der Waals surface area contributed by atoms with Crippen LogP contribution in [0.3, 0.4) is 0 Å². The number of fused-ring (bicyclic) bond motifs is 1. The van der Waals surface area contributed by atoms with E-state index in [-0.39, 0.29) is 18.5 Å². The van der Waals surface area contributed by atoms with Crippen molar-refractivity contribution in [1.29, 1.82) is 0 Å². The minimum atomic E-state index is -0.566. The summed E-state index contributed by atoms with van der Waals surface area (Å²) in [6.07, 6.45) is 4.34. The van der Waals surface area contributed by atoms with E-state index in [1.165, 1.54) is 28.0 Å². The minimum Gasteiger partial charge on any atom is -0.337 e. The monoisotopic (exact) mass is 313 g/mol. The van der Waals surface area contributed by atoms with Crippen molar-refractivity contribution >= 4 is 5.91 Å². The van der Waals surface area contributed by atoms with Crippen LogP contribution in [0.2, 0.25) is 0 Å². The molecule has 0 bridgehead atoms. The van der Waals surface area contributed by atoms with Crippen LogP contribution in [0.4, 0.5) is 0 Å². The van der Waals surface area contributed by atoms with E-state index in [0.717, 1.165) is 19.3 Å². The highest BCUT2D eigenvalue weighted by Crippen LogP contribution is 2.33. The molecule has 0 unspecified atom stereocenters. The van der Waals surface area contributed by atoms with Crippen molar-refractivity contribution in [2.45, 2.75) is 31.8 Å². The normalized spacial score (nSPS) is 16.7. The third-order valence-corrected chi connectivity index (χ3v) is 4.40. The lowest BCUT2D eigenvalue weighted by Gasteiger charge is -2.33. The Kier molecular flexibility index (Phi) is 4.14. The number of hydrogen-bond acceptors (Lipinski definition) is 3. The zero-order valence-electron chi connectivity index (χ0n) is 13.0. The van der Waals surface area contributed by atoms with Crippen molar-refractivity contribution < 1.29 is 4.79 Å². The maximum atomic E-state index is 12.5. The van der Waals surface area contributed by atoms with Gasteiger partial charge in [0.05, 0.1) is 6.04 Å². The summed E-state index contributed by atoms with van der Waals surface area (Å²) in [5.74, 6) is -0.152. The molecule has 1 aliphatic rings. The molecule has 3 rings (SSSR count). The number of rotatable bonds is 3. The van der Waals surface area contributed by atoms with E-state index in [4.69, 9.17) is 0 Å². The van der Waals surface area contributed by atoms with Crippen LogP contribution in [0, 0.1) is 0 Å². The molecule has 0 saturated heterocycles. The molecule has 0 fully saturated rings. The van der Waals surface area contributed by atoms with Gasteiger partial charge in [0, 0.05) is 19.3 Å². The van der Waals surface area contributed by atoms with Crippen molar-refractivity contribution in [3.05, 3.63) is 68.5 Å². The van der Waals surface area contributed by atoms with Crippen LogP contribution < -0.4 is 11.2 Å². The Morgan fingerprint density at radius 3 is 2.87 bits per heavy atom. The molecule has 23 heavy (non-hydrogen) atoms. The fourth-order valence-electron chi connectivity index (χ4n) is 3.13. The predicted octanol–water partition coefficient (Wildman–Crippen LogP) is 1.07. The van der Waals surface area contributed by atoms with Gasteiger partial charge in [-0.15, -0.1) is 0 Å². The van der Waals surface area contributed by atoms with E-state index in [1.54, 1.807) is 11.9 Å². The average Bonchev–Trinajstić information content (AvgIpc) is 2.56. The molecule has 2 aromatic rings. The highest BCUT2D eigenvalue weighted by Gasteiger charge is 2.26. The summed E-state index contributed by atoms with van der Waals surface area (Å²) in [7, 11) is 1.77. The number of aromatic amines is 1. The van der Waals surface area contributed by atoms with Gasteiger partial charge in [-0.2, -0.15) is 0 Å². The first-order chi connectivity index (χ1) is 11.1. The summed E-state index contributed by atoms with van der Waals surface area (Å²) in [5.41, 5.74) is 1.43. The van der Waals surface area contributed by atoms with Crippen LogP contribution in [0.5, 0.6) is 0 Å². The predicted molar refractivity (Wildman–Crippen MR) is 86.2 cm³/mol. The van der Waals surface area contributed by atoms with Crippen LogP contribution >= 0.6 is 0 Å². The smallest absolute Gasteiger partial charge is 0.328 e. The van der Waals surface area contributed by atoms with Gasteiger partial charge < -0.3 is 4.90 Å². The molecule has 1 atom stereocenters. The first-order valence-electron chi connectivity index (χ1n) is 7.69. The van der Waals surface area contributed by atoms with Crippen LogP contribution in [-0.4, -0.2) is 27.4 Å². The molecule has 1 N–H and O–H groups in total. The largest absolute Gasteiger partial charge is 0.337 e. The highest BCUT2D eigenvalue weighted by molar-refractivity contribution is 5.76. The summed E-state index contributed by atoms with van der Waals surface area (Å²) < 4.78 is 1.22. The molecule has 0 aliphatic heterocycles. The van der Waals surface area contributed by atoms with Crippen molar-refractivity contribution in [3.63, 3.8) is 0 Å².